The summed E-state index contributed by atoms with van der Waals surface area (Å²) in [5.41, 5.74) is 6.06. The summed E-state index contributed by atoms with van der Waals surface area (Å²) in [6.45, 7) is 1.85. The Labute approximate surface area is 163 Å². The molecule has 0 saturated heterocycles. The predicted molar refractivity (Wildman–Crippen MR) is 107 cm³/mol. The highest BCUT2D eigenvalue weighted by molar-refractivity contribution is 5.99. The van der Waals surface area contributed by atoms with E-state index in [0.29, 0.717) is 11.5 Å². The predicted octanol–water partition coefficient (Wildman–Crippen LogP) is 2.97. The Balaban J connectivity index is 1.62. The van der Waals surface area contributed by atoms with Crippen molar-refractivity contribution in [2.24, 2.45) is 5.10 Å². The van der Waals surface area contributed by atoms with Crippen LogP contribution in [0.4, 0.5) is 0 Å². The first-order chi connectivity index (χ1) is 13.6. The number of hydrogen-bond acceptors (Lipinski definition) is 5. The van der Waals surface area contributed by atoms with E-state index in [2.05, 4.69) is 15.5 Å². The maximum absolute atomic E-state index is 12.2. The summed E-state index contributed by atoms with van der Waals surface area (Å²) >= 11 is 0. The minimum atomic E-state index is -0.207. The molecule has 7 heteroatoms. The molecule has 0 atom stereocenters. The Morgan fingerprint density at radius 1 is 1.11 bits per heavy atom. The number of benzene rings is 2. The van der Waals surface area contributed by atoms with Gasteiger partial charge in [-0.3, -0.25) is 4.79 Å². The molecule has 0 aliphatic rings. The lowest BCUT2D eigenvalue weighted by atomic mass is 10.1. The molecular weight excluding hydrogens is 356 g/mol. The number of carbonyl (C=O) groups excluding carboxylic acids is 1. The fourth-order valence-corrected chi connectivity index (χ4v) is 2.71. The molecule has 1 heterocycles. The lowest BCUT2D eigenvalue weighted by Crippen LogP contribution is -2.21. The van der Waals surface area contributed by atoms with Crippen LogP contribution in [-0.4, -0.2) is 35.4 Å². The van der Waals surface area contributed by atoms with E-state index < -0.39 is 0 Å². The van der Waals surface area contributed by atoms with E-state index in [9.17, 15) is 4.79 Å². The van der Waals surface area contributed by atoms with Gasteiger partial charge in [-0.2, -0.15) is 5.10 Å². The van der Waals surface area contributed by atoms with Crippen LogP contribution in [0.25, 0.3) is 5.69 Å². The highest BCUT2D eigenvalue weighted by atomic mass is 16.5. The lowest BCUT2D eigenvalue weighted by molar-refractivity contribution is -0.120. The average molecular weight is 378 g/mol. The third-order valence-corrected chi connectivity index (χ3v) is 4.25. The Kier molecular flexibility index (Phi) is 6.06. The van der Waals surface area contributed by atoms with Crippen LogP contribution >= 0.6 is 0 Å². The molecule has 0 spiro atoms. The largest absolute Gasteiger partial charge is 0.493 e. The summed E-state index contributed by atoms with van der Waals surface area (Å²) in [4.78, 5) is 16.2. The second-order valence-electron chi connectivity index (χ2n) is 6.12. The average Bonchev–Trinajstić information content (AvgIpc) is 3.27. The van der Waals surface area contributed by atoms with E-state index in [1.807, 2.05) is 48.0 Å². The van der Waals surface area contributed by atoms with Crippen LogP contribution in [-0.2, 0) is 11.2 Å². The van der Waals surface area contributed by atoms with E-state index in [-0.39, 0.29) is 12.3 Å². The van der Waals surface area contributed by atoms with Crippen molar-refractivity contribution in [1.82, 2.24) is 15.0 Å². The van der Waals surface area contributed by atoms with Crippen LogP contribution in [0.5, 0.6) is 11.5 Å². The standard InChI is InChI=1S/C21H22N4O3/c1-15(17-5-7-18(8-6-17)25-11-10-22-14-25)23-24-21(26)13-16-4-9-19(27-2)20(12-16)28-3/h4-12,14H,13H2,1-3H3,(H,24,26). The number of aromatic nitrogens is 2. The van der Waals surface area contributed by atoms with Gasteiger partial charge in [0.05, 0.1) is 32.7 Å². The van der Waals surface area contributed by atoms with Crippen molar-refractivity contribution in [3.05, 3.63) is 72.3 Å². The van der Waals surface area contributed by atoms with Gasteiger partial charge in [0.25, 0.3) is 0 Å². The molecular formula is C21H22N4O3. The van der Waals surface area contributed by atoms with Crippen molar-refractivity contribution < 1.29 is 14.3 Å². The molecule has 2 aromatic carbocycles. The van der Waals surface area contributed by atoms with Gasteiger partial charge in [-0.05, 0) is 42.3 Å². The number of rotatable bonds is 7. The van der Waals surface area contributed by atoms with Gasteiger partial charge in [0.2, 0.25) is 5.91 Å². The maximum Gasteiger partial charge on any atom is 0.244 e. The molecule has 1 N–H and O–H groups in total. The molecule has 0 unspecified atom stereocenters. The van der Waals surface area contributed by atoms with Gasteiger partial charge in [-0.1, -0.05) is 18.2 Å². The molecule has 1 amide bonds. The third-order valence-electron chi connectivity index (χ3n) is 4.25. The van der Waals surface area contributed by atoms with Crippen molar-refractivity contribution in [2.45, 2.75) is 13.3 Å². The van der Waals surface area contributed by atoms with Crippen LogP contribution in [0.1, 0.15) is 18.1 Å². The Bertz CT molecular complexity index is 964. The molecule has 0 bridgehead atoms. The fourth-order valence-electron chi connectivity index (χ4n) is 2.71. The molecule has 0 aliphatic heterocycles. The normalized spacial score (nSPS) is 11.2. The lowest BCUT2D eigenvalue weighted by Gasteiger charge is -2.09. The number of ether oxygens (including phenoxy) is 2. The summed E-state index contributed by atoms with van der Waals surface area (Å²) < 4.78 is 12.4. The number of methoxy groups -OCH3 is 2. The molecule has 3 rings (SSSR count). The summed E-state index contributed by atoms with van der Waals surface area (Å²) in [6, 6.07) is 13.2. The Hall–Kier alpha value is -3.61. The molecule has 144 valence electrons. The SMILES string of the molecule is COc1ccc(CC(=O)NN=C(C)c2ccc(-n3ccnc3)cc2)cc1OC. The van der Waals surface area contributed by atoms with Crippen LogP contribution in [0, 0.1) is 0 Å². The molecule has 1 aromatic heterocycles. The maximum atomic E-state index is 12.2. The Morgan fingerprint density at radius 2 is 1.86 bits per heavy atom. The highest BCUT2D eigenvalue weighted by Crippen LogP contribution is 2.27. The van der Waals surface area contributed by atoms with Gasteiger partial charge in [-0.25, -0.2) is 10.4 Å². The van der Waals surface area contributed by atoms with Gasteiger partial charge < -0.3 is 14.0 Å². The summed E-state index contributed by atoms with van der Waals surface area (Å²) in [5.74, 6) is 1.01. The number of imidazole rings is 1. The van der Waals surface area contributed by atoms with Crippen LogP contribution < -0.4 is 14.9 Å². The number of nitrogens with zero attached hydrogens (tertiary/aromatic N) is 3. The van der Waals surface area contributed by atoms with Crippen LogP contribution in [0.2, 0.25) is 0 Å². The zero-order valence-corrected chi connectivity index (χ0v) is 16.0. The Morgan fingerprint density at radius 3 is 2.50 bits per heavy atom. The van der Waals surface area contributed by atoms with E-state index in [1.165, 1.54) is 0 Å². The number of hydrazone groups is 1. The van der Waals surface area contributed by atoms with Crippen LogP contribution in [0.15, 0.2) is 66.3 Å². The zero-order valence-electron chi connectivity index (χ0n) is 16.0. The molecule has 0 radical (unpaired) electrons. The zero-order chi connectivity index (χ0) is 19.9. The summed E-state index contributed by atoms with van der Waals surface area (Å²) in [6.07, 6.45) is 5.54. The molecule has 28 heavy (non-hydrogen) atoms. The molecule has 0 saturated carbocycles. The minimum absolute atomic E-state index is 0.191. The first-order valence-electron chi connectivity index (χ1n) is 8.73. The quantitative estimate of drug-likeness (QED) is 0.506. The second kappa shape index (κ2) is 8.85. The monoisotopic (exact) mass is 378 g/mol. The van der Waals surface area contributed by atoms with Crippen molar-refractivity contribution in [1.29, 1.82) is 0 Å². The summed E-state index contributed by atoms with van der Waals surface area (Å²) in [5, 5.41) is 4.20. The highest BCUT2D eigenvalue weighted by Gasteiger charge is 2.08. The van der Waals surface area contributed by atoms with E-state index >= 15 is 0 Å². The number of amides is 1. The fraction of sp³-hybridized carbons (Fsp3) is 0.190. The topological polar surface area (TPSA) is 77.7 Å². The van der Waals surface area contributed by atoms with E-state index in [4.69, 9.17) is 9.47 Å². The third kappa shape index (κ3) is 4.56. The molecule has 3 aromatic rings. The van der Waals surface area contributed by atoms with Crippen molar-refractivity contribution in [3.63, 3.8) is 0 Å². The van der Waals surface area contributed by atoms with Gasteiger partial charge in [0, 0.05) is 18.1 Å². The first kappa shape index (κ1) is 19.2. The first-order valence-corrected chi connectivity index (χ1v) is 8.73. The molecule has 0 aliphatic carbocycles. The van der Waals surface area contributed by atoms with E-state index in [1.54, 1.807) is 38.9 Å². The second-order valence-corrected chi connectivity index (χ2v) is 6.12. The molecule has 0 fully saturated rings. The van der Waals surface area contributed by atoms with Crippen molar-refractivity contribution in [2.75, 3.05) is 14.2 Å². The van der Waals surface area contributed by atoms with Gasteiger partial charge in [-0.15, -0.1) is 0 Å². The van der Waals surface area contributed by atoms with Crippen LogP contribution in [0.3, 0.4) is 0 Å². The van der Waals surface area contributed by atoms with Crippen molar-refractivity contribution >= 4 is 11.6 Å². The van der Waals surface area contributed by atoms with Gasteiger partial charge in [0.1, 0.15) is 0 Å². The van der Waals surface area contributed by atoms with Crippen molar-refractivity contribution in [3.8, 4) is 17.2 Å². The van der Waals surface area contributed by atoms with E-state index in [0.717, 1.165) is 22.5 Å². The molecule has 7 nitrogen and oxygen atoms in total. The summed E-state index contributed by atoms with van der Waals surface area (Å²) in [7, 11) is 3.14. The van der Waals surface area contributed by atoms with Gasteiger partial charge in [0.15, 0.2) is 11.5 Å². The minimum Gasteiger partial charge on any atom is -0.493 e. The van der Waals surface area contributed by atoms with Gasteiger partial charge >= 0.3 is 0 Å². The number of carbonyl (C=O) groups is 1. The number of hydrogen-bond donors (Lipinski definition) is 1. The smallest absolute Gasteiger partial charge is 0.244 e. The number of nitrogens with one attached hydrogen (secondary N) is 1.